The minimum Gasteiger partial charge on any atom is -0.468 e. The number of anilines is 1. The van der Waals surface area contributed by atoms with E-state index in [1.54, 1.807) is 0 Å². The van der Waals surface area contributed by atoms with Crippen LogP contribution in [0, 0.1) is 0 Å². The molecule has 0 amide bonds. The van der Waals surface area contributed by atoms with Crippen LogP contribution in [0.2, 0.25) is 0 Å². The van der Waals surface area contributed by atoms with Gasteiger partial charge in [0.25, 0.3) is 6.43 Å². The van der Waals surface area contributed by atoms with Crippen molar-refractivity contribution in [3.63, 3.8) is 0 Å². The normalized spacial score (nSPS) is 10.1. The number of alkyl halides is 2. The second-order valence-corrected chi connectivity index (χ2v) is 2.56. The topological polar surface area (TPSA) is 64.1 Å². The number of rotatable bonds is 4. The Hall–Kier alpha value is -1.79. The molecule has 0 aromatic carbocycles. The standard InChI is InChI=1S/C8H9F2N3O2/c1-15-7(14)3-11-6-2-5(8(9)10)12-4-13-6/h2,4,8H,3H2,1H3,(H,11,12,13). The summed E-state index contributed by atoms with van der Waals surface area (Å²) in [6.07, 6.45) is -1.66. The first-order valence-corrected chi connectivity index (χ1v) is 4.04. The van der Waals surface area contributed by atoms with Crippen LogP contribution in [0.5, 0.6) is 0 Å². The number of methoxy groups -OCH3 is 1. The monoisotopic (exact) mass is 217 g/mol. The van der Waals surface area contributed by atoms with E-state index in [1.807, 2.05) is 0 Å². The van der Waals surface area contributed by atoms with E-state index in [2.05, 4.69) is 20.0 Å². The average Bonchev–Trinajstić information content (AvgIpc) is 2.26. The molecule has 0 unspecified atom stereocenters. The second-order valence-electron chi connectivity index (χ2n) is 2.56. The zero-order valence-electron chi connectivity index (χ0n) is 7.91. The number of hydrogen-bond donors (Lipinski definition) is 1. The van der Waals surface area contributed by atoms with Crippen molar-refractivity contribution in [3.8, 4) is 0 Å². The van der Waals surface area contributed by atoms with Crippen LogP contribution in [0.1, 0.15) is 12.1 Å². The highest BCUT2D eigenvalue weighted by Crippen LogP contribution is 2.17. The lowest BCUT2D eigenvalue weighted by Crippen LogP contribution is -2.15. The molecule has 7 heteroatoms. The van der Waals surface area contributed by atoms with Gasteiger partial charge < -0.3 is 10.1 Å². The van der Waals surface area contributed by atoms with Gasteiger partial charge in [-0.1, -0.05) is 0 Å². The van der Waals surface area contributed by atoms with Crippen LogP contribution in [-0.2, 0) is 9.53 Å². The van der Waals surface area contributed by atoms with Crippen LogP contribution in [0.4, 0.5) is 14.6 Å². The molecule has 0 saturated carbocycles. The molecule has 15 heavy (non-hydrogen) atoms. The van der Waals surface area contributed by atoms with Gasteiger partial charge in [0, 0.05) is 6.07 Å². The van der Waals surface area contributed by atoms with E-state index in [-0.39, 0.29) is 12.4 Å². The molecule has 0 saturated heterocycles. The zero-order valence-corrected chi connectivity index (χ0v) is 7.91. The highest BCUT2D eigenvalue weighted by molar-refractivity contribution is 5.74. The molecule has 0 atom stereocenters. The number of nitrogens with zero attached hydrogens (tertiary/aromatic N) is 2. The van der Waals surface area contributed by atoms with Crippen molar-refractivity contribution in [1.82, 2.24) is 9.97 Å². The van der Waals surface area contributed by atoms with Gasteiger partial charge >= 0.3 is 5.97 Å². The fourth-order valence-corrected chi connectivity index (χ4v) is 0.823. The van der Waals surface area contributed by atoms with Crippen LogP contribution in [0.25, 0.3) is 0 Å². The smallest absolute Gasteiger partial charge is 0.325 e. The zero-order chi connectivity index (χ0) is 11.3. The third-order valence-corrected chi connectivity index (χ3v) is 1.55. The third kappa shape index (κ3) is 3.45. The number of hydrogen-bond acceptors (Lipinski definition) is 5. The van der Waals surface area contributed by atoms with Gasteiger partial charge in [-0.2, -0.15) is 0 Å². The van der Waals surface area contributed by atoms with E-state index in [0.29, 0.717) is 0 Å². The van der Waals surface area contributed by atoms with Crippen molar-refractivity contribution in [2.24, 2.45) is 0 Å². The maximum absolute atomic E-state index is 12.2. The van der Waals surface area contributed by atoms with Crippen LogP contribution >= 0.6 is 0 Å². The molecule has 0 aliphatic rings. The van der Waals surface area contributed by atoms with Crippen LogP contribution in [0.3, 0.4) is 0 Å². The molecule has 1 aromatic heterocycles. The number of aromatic nitrogens is 2. The summed E-state index contributed by atoms with van der Waals surface area (Å²) in [5.41, 5.74) is -0.391. The maximum Gasteiger partial charge on any atom is 0.325 e. The lowest BCUT2D eigenvalue weighted by atomic mass is 10.4. The van der Waals surface area contributed by atoms with E-state index in [4.69, 9.17) is 0 Å². The lowest BCUT2D eigenvalue weighted by molar-refractivity contribution is -0.138. The van der Waals surface area contributed by atoms with E-state index in [1.165, 1.54) is 7.11 Å². The van der Waals surface area contributed by atoms with Crippen molar-refractivity contribution in [3.05, 3.63) is 18.1 Å². The Balaban J connectivity index is 2.61. The van der Waals surface area contributed by atoms with Gasteiger partial charge in [0.2, 0.25) is 0 Å². The summed E-state index contributed by atoms with van der Waals surface area (Å²) in [7, 11) is 1.23. The summed E-state index contributed by atoms with van der Waals surface area (Å²) in [5.74, 6) is -0.349. The predicted molar refractivity (Wildman–Crippen MR) is 47.5 cm³/mol. The van der Waals surface area contributed by atoms with E-state index < -0.39 is 18.1 Å². The number of ether oxygens (including phenoxy) is 1. The molecule has 0 aliphatic carbocycles. The summed E-state index contributed by atoms with van der Waals surface area (Å²) in [6, 6.07) is 1.08. The average molecular weight is 217 g/mol. The van der Waals surface area contributed by atoms with Crippen molar-refractivity contribution in [2.45, 2.75) is 6.43 Å². The van der Waals surface area contributed by atoms with E-state index in [9.17, 15) is 13.6 Å². The number of nitrogens with one attached hydrogen (secondary N) is 1. The summed E-state index contributed by atoms with van der Waals surface area (Å²) >= 11 is 0. The molecule has 0 spiro atoms. The molecular weight excluding hydrogens is 208 g/mol. The van der Waals surface area contributed by atoms with Crippen molar-refractivity contribution in [2.75, 3.05) is 19.0 Å². The Labute approximate surface area is 84.5 Å². The first kappa shape index (κ1) is 11.3. The fourth-order valence-electron chi connectivity index (χ4n) is 0.823. The lowest BCUT2D eigenvalue weighted by Gasteiger charge is -2.04. The highest BCUT2D eigenvalue weighted by atomic mass is 19.3. The SMILES string of the molecule is COC(=O)CNc1cc(C(F)F)ncn1. The first-order valence-electron chi connectivity index (χ1n) is 4.04. The van der Waals surface area contributed by atoms with Crippen molar-refractivity contribution in [1.29, 1.82) is 0 Å². The largest absolute Gasteiger partial charge is 0.468 e. The van der Waals surface area contributed by atoms with E-state index >= 15 is 0 Å². The Morgan fingerprint density at radius 3 is 2.93 bits per heavy atom. The molecule has 1 aromatic rings. The molecule has 0 fully saturated rings. The van der Waals surface area contributed by atoms with Gasteiger partial charge in [-0.05, 0) is 0 Å². The van der Waals surface area contributed by atoms with Gasteiger partial charge in [0.05, 0.1) is 7.11 Å². The van der Waals surface area contributed by atoms with Gasteiger partial charge in [-0.3, -0.25) is 4.79 Å². The number of carbonyl (C=O) groups is 1. The van der Waals surface area contributed by atoms with Gasteiger partial charge in [-0.25, -0.2) is 18.7 Å². The summed E-state index contributed by atoms with van der Waals surface area (Å²) in [4.78, 5) is 17.8. The molecule has 5 nitrogen and oxygen atoms in total. The Morgan fingerprint density at radius 1 is 1.60 bits per heavy atom. The predicted octanol–water partition coefficient (Wildman–Crippen LogP) is 0.999. The quantitative estimate of drug-likeness (QED) is 0.762. The third-order valence-electron chi connectivity index (χ3n) is 1.55. The number of halogens is 2. The fraction of sp³-hybridized carbons (Fsp3) is 0.375. The minimum absolute atomic E-state index is 0.129. The van der Waals surface area contributed by atoms with Crippen LogP contribution in [0.15, 0.2) is 12.4 Å². The first-order chi connectivity index (χ1) is 7.13. The molecule has 1 N–H and O–H groups in total. The summed E-state index contributed by atoms with van der Waals surface area (Å²) in [6.45, 7) is -0.129. The molecular formula is C8H9F2N3O2. The van der Waals surface area contributed by atoms with Gasteiger partial charge in [0.15, 0.2) is 0 Å². The molecule has 82 valence electrons. The van der Waals surface area contributed by atoms with Crippen LogP contribution in [-0.4, -0.2) is 29.6 Å². The van der Waals surface area contributed by atoms with Gasteiger partial charge in [-0.15, -0.1) is 0 Å². The Bertz CT molecular complexity index is 346. The molecule has 0 bridgehead atoms. The minimum atomic E-state index is -2.66. The molecule has 0 radical (unpaired) electrons. The molecule has 0 aliphatic heterocycles. The second kappa shape index (κ2) is 5.18. The van der Waals surface area contributed by atoms with Crippen molar-refractivity contribution >= 4 is 11.8 Å². The summed E-state index contributed by atoms with van der Waals surface area (Å²) in [5, 5.41) is 2.53. The van der Waals surface area contributed by atoms with Crippen molar-refractivity contribution < 1.29 is 18.3 Å². The number of esters is 1. The van der Waals surface area contributed by atoms with Gasteiger partial charge in [0.1, 0.15) is 24.4 Å². The maximum atomic E-state index is 12.2. The number of carbonyl (C=O) groups excluding carboxylic acids is 1. The molecule has 1 heterocycles. The molecule has 1 rings (SSSR count). The Morgan fingerprint density at radius 2 is 2.33 bits per heavy atom. The Kier molecular flexibility index (Phi) is 3.90. The summed E-state index contributed by atoms with van der Waals surface area (Å²) < 4.78 is 28.8. The van der Waals surface area contributed by atoms with Crippen LogP contribution < -0.4 is 5.32 Å². The highest BCUT2D eigenvalue weighted by Gasteiger charge is 2.10. The van der Waals surface area contributed by atoms with E-state index in [0.717, 1.165) is 12.4 Å².